The van der Waals surface area contributed by atoms with Gasteiger partial charge in [-0.25, -0.2) is 4.98 Å². The third kappa shape index (κ3) is 3.17. The van der Waals surface area contributed by atoms with E-state index < -0.39 is 29.1 Å². The van der Waals surface area contributed by atoms with E-state index in [2.05, 4.69) is 15.3 Å². The molecule has 0 bridgehead atoms. The smallest absolute Gasteiger partial charge is 0.310 e. The molecule has 0 aliphatic carbocycles. The molecule has 1 atom stereocenters. The van der Waals surface area contributed by atoms with Crippen LogP contribution in [-0.2, 0) is 11.0 Å². The molecule has 5 nitrogen and oxygen atoms in total. The zero-order chi connectivity index (χ0) is 19.9. The minimum absolute atomic E-state index is 0.0131. The third-order valence-electron chi connectivity index (χ3n) is 4.64. The highest BCUT2D eigenvalue weighted by Gasteiger charge is 2.39. The largest absolute Gasteiger partial charge is 0.416 e. The van der Waals surface area contributed by atoms with Gasteiger partial charge in [-0.15, -0.1) is 0 Å². The Morgan fingerprint density at radius 2 is 1.64 bits per heavy atom. The molecule has 1 aliphatic rings. The van der Waals surface area contributed by atoms with Crippen molar-refractivity contribution in [1.82, 2.24) is 9.97 Å². The van der Waals surface area contributed by atoms with E-state index in [0.29, 0.717) is 5.56 Å². The van der Waals surface area contributed by atoms with Gasteiger partial charge in [0.2, 0.25) is 5.91 Å². The minimum atomic E-state index is -4.60. The monoisotopic (exact) mass is 385 g/mol. The topological polar surface area (TPSA) is 74.8 Å². The second-order valence-corrected chi connectivity index (χ2v) is 6.43. The molecule has 28 heavy (non-hydrogen) atoms. The number of H-pyrrole nitrogens is 1. The van der Waals surface area contributed by atoms with Crippen LogP contribution in [0.2, 0.25) is 0 Å². The molecule has 1 aliphatic heterocycles. The van der Waals surface area contributed by atoms with Gasteiger partial charge in [0.05, 0.1) is 11.1 Å². The van der Waals surface area contributed by atoms with E-state index in [9.17, 15) is 22.8 Å². The molecule has 1 amide bonds. The number of alkyl halides is 3. The molecule has 0 fully saturated rings. The zero-order valence-corrected chi connectivity index (χ0v) is 14.4. The molecular weight excluding hydrogens is 371 g/mol. The summed E-state index contributed by atoms with van der Waals surface area (Å²) in [4.78, 5) is 31.9. The van der Waals surface area contributed by atoms with Gasteiger partial charge in [-0.3, -0.25) is 9.59 Å². The highest BCUT2D eigenvalue weighted by Crippen LogP contribution is 2.41. The van der Waals surface area contributed by atoms with Crippen LogP contribution in [0.15, 0.2) is 59.4 Å². The van der Waals surface area contributed by atoms with E-state index >= 15 is 0 Å². The molecule has 0 saturated heterocycles. The fourth-order valence-corrected chi connectivity index (χ4v) is 3.43. The van der Waals surface area contributed by atoms with Crippen LogP contribution in [-0.4, -0.2) is 15.9 Å². The fourth-order valence-electron chi connectivity index (χ4n) is 3.43. The van der Waals surface area contributed by atoms with Crippen LogP contribution >= 0.6 is 0 Å². The summed E-state index contributed by atoms with van der Waals surface area (Å²) >= 11 is 0. The number of carbonyl (C=O) groups is 1. The van der Waals surface area contributed by atoms with Gasteiger partial charge in [-0.2, -0.15) is 13.2 Å². The van der Waals surface area contributed by atoms with Crippen molar-refractivity contribution in [2.45, 2.75) is 18.5 Å². The van der Waals surface area contributed by atoms with E-state index in [0.717, 1.165) is 6.07 Å². The summed E-state index contributed by atoms with van der Waals surface area (Å²) in [5.41, 5.74) is -0.922. The number of benzene rings is 2. The predicted molar refractivity (Wildman–Crippen MR) is 96.8 cm³/mol. The average Bonchev–Trinajstić information content (AvgIpc) is 2.67. The maximum Gasteiger partial charge on any atom is 0.416 e. The van der Waals surface area contributed by atoms with E-state index in [1.54, 1.807) is 30.3 Å². The van der Waals surface area contributed by atoms with Crippen molar-refractivity contribution in [3.8, 4) is 11.4 Å². The molecule has 3 aromatic rings. The van der Waals surface area contributed by atoms with E-state index in [4.69, 9.17) is 0 Å². The summed E-state index contributed by atoms with van der Waals surface area (Å²) in [6.45, 7) is 0. The van der Waals surface area contributed by atoms with E-state index in [1.165, 1.54) is 18.2 Å². The Morgan fingerprint density at radius 3 is 2.36 bits per heavy atom. The SMILES string of the molecule is O=C1C[C@@H](c2ccccc2C(F)(F)F)c2c(nc(-c3ccccc3)[nH]c2=O)N1. The van der Waals surface area contributed by atoms with Crippen LogP contribution in [0.25, 0.3) is 11.4 Å². The highest BCUT2D eigenvalue weighted by molar-refractivity contribution is 5.94. The summed E-state index contributed by atoms with van der Waals surface area (Å²) in [7, 11) is 0. The molecule has 2 N–H and O–H groups in total. The van der Waals surface area contributed by atoms with Crippen LogP contribution in [0.3, 0.4) is 0 Å². The summed E-state index contributed by atoms with van der Waals surface area (Å²) in [5.74, 6) is -1.32. The number of carbonyl (C=O) groups excluding carboxylic acids is 1. The number of amides is 1. The number of hydrogen-bond acceptors (Lipinski definition) is 3. The molecule has 4 rings (SSSR count). The lowest BCUT2D eigenvalue weighted by Crippen LogP contribution is -2.32. The summed E-state index contributed by atoms with van der Waals surface area (Å²) in [6.07, 6.45) is -4.87. The lowest BCUT2D eigenvalue weighted by atomic mass is 9.84. The Balaban J connectivity index is 1.90. The first kappa shape index (κ1) is 18.0. The molecule has 0 unspecified atom stereocenters. The molecular formula is C20H14F3N3O2. The number of rotatable bonds is 2. The van der Waals surface area contributed by atoms with Crippen molar-refractivity contribution in [2.75, 3.05) is 5.32 Å². The van der Waals surface area contributed by atoms with Gasteiger partial charge in [0.1, 0.15) is 11.6 Å². The van der Waals surface area contributed by atoms with Gasteiger partial charge < -0.3 is 10.3 Å². The van der Waals surface area contributed by atoms with Crippen LogP contribution < -0.4 is 10.9 Å². The Bertz CT molecular complexity index is 1110. The number of halogens is 3. The van der Waals surface area contributed by atoms with Crippen LogP contribution in [0, 0.1) is 0 Å². The predicted octanol–water partition coefficient (Wildman–Crippen LogP) is 3.93. The standard InChI is InChI=1S/C20H14F3N3O2/c21-20(22,23)14-9-5-4-8-12(14)13-10-15(27)24-18-16(13)19(28)26-17(25-18)11-6-2-1-3-7-11/h1-9,13H,10H2,(H2,24,25,26,27,28)/t13-/m0/s1. The van der Waals surface area contributed by atoms with Crippen molar-refractivity contribution in [2.24, 2.45) is 0 Å². The van der Waals surface area contributed by atoms with Gasteiger partial charge in [-0.1, -0.05) is 48.5 Å². The Morgan fingerprint density at radius 1 is 0.964 bits per heavy atom. The number of fused-ring (bicyclic) bond motifs is 1. The van der Waals surface area contributed by atoms with Crippen molar-refractivity contribution < 1.29 is 18.0 Å². The number of aromatic amines is 1. The first-order valence-electron chi connectivity index (χ1n) is 8.50. The van der Waals surface area contributed by atoms with Gasteiger partial charge in [0.25, 0.3) is 5.56 Å². The van der Waals surface area contributed by atoms with Gasteiger partial charge in [0, 0.05) is 17.9 Å². The first-order valence-corrected chi connectivity index (χ1v) is 8.50. The van der Waals surface area contributed by atoms with Gasteiger partial charge >= 0.3 is 6.18 Å². The second-order valence-electron chi connectivity index (χ2n) is 6.43. The number of nitrogens with one attached hydrogen (secondary N) is 2. The van der Waals surface area contributed by atoms with Crippen molar-refractivity contribution in [3.05, 3.63) is 81.6 Å². The Kier molecular flexibility index (Phi) is 4.26. The number of aromatic nitrogens is 2. The van der Waals surface area contributed by atoms with Gasteiger partial charge in [0.15, 0.2) is 0 Å². The van der Waals surface area contributed by atoms with Gasteiger partial charge in [-0.05, 0) is 11.6 Å². The summed E-state index contributed by atoms with van der Waals surface area (Å²) < 4.78 is 40.4. The molecule has 8 heteroatoms. The molecule has 1 aromatic heterocycles. The summed E-state index contributed by atoms with van der Waals surface area (Å²) in [6, 6.07) is 13.7. The third-order valence-corrected chi connectivity index (χ3v) is 4.64. The van der Waals surface area contributed by atoms with Crippen LogP contribution in [0.5, 0.6) is 0 Å². The van der Waals surface area contributed by atoms with Crippen LogP contribution in [0.4, 0.5) is 19.0 Å². The normalized spacial score (nSPS) is 16.4. The summed E-state index contributed by atoms with van der Waals surface area (Å²) in [5, 5.41) is 2.52. The van der Waals surface area contributed by atoms with Crippen LogP contribution in [0.1, 0.15) is 29.0 Å². The quantitative estimate of drug-likeness (QED) is 0.702. The van der Waals surface area contributed by atoms with Crippen molar-refractivity contribution >= 4 is 11.7 Å². The highest BCUT2D eigenvalue weighted by atomic mass is 19.4. The molecule has 2 heterocycles. The molecule has 142 valence electrons. The number of hydrogen-bond donors (Lipinski definition) is 2. The average molecular weight is 385 g/mol. The molecule has 0 radical (unpaired) electrons. The zero-order valence-electron chi connectivity index (χ0n) is 14.4. The molecule has 2 aromatic carbocycles. The minimum Gasteiger partial charge on any atom is -0.310 e. The maximum absolute atomic E-state index is 13.5. The fraction of sp³-hybridized carbons (Fsp3) is 0.150. The lowest BCUT2D eigenvalue weighted by Gasteiger charge is -2.26. The second kappa shape index (κ2) is 6.63. The maximum atomic E-state index is 13.5. The Hall–Kier alpha value is -3.42. The number of nitrogens with zero attached hydrogens (tertiary/aromatic N) is 1. The molecule has 0 spiro atoms. The first-order chi connectivity index (χ1) is 13.3. The van der Waals surface area contributed by atoms with Crippen molar-refractivity contribution in [1.29, 1.82) is 0 Å². The molecule has 0 saturated carbocycles. The van der Waals surface area contributed by atoms with E-state index in [-0.39, 0.29) is 29.2 Å². The number of anilines is 1. The van der Waals surface area contributed by atoms with Crippen molar-refractivity contribution in [3.63, 3.8) is 0 Å². The lowest BCUT2D eigenvalue weighted by molar-refractivity contribution is -0.138. The van der Waals surface area contributed by atoms with E-state index in [1.807, 2.05) is 0 Å². The Labute approximate surface area is 157 Å².